The standard InChI is InChI=1S/C20H32N4O/c1-14(2)24(4)13-16-8-6-5-7-15(16)12-22-20(21-3)23-18-11-17-9-10-19(18)25-17/h5-8,14,17-19H,9-13H2,1-4H3,(H2,21,22,23). The van der Waals surface area contributed by atoms with Gasteiger partial charge in [-0.3, -0.25) is 9.89 Å². The lowest BCUT2D eigenvalue weighted by molar-refractivity contribution is 0.0992. The fourth-order valence-corrected chi connectivity index (χ4v) is 3.67. The first-order valence-corrected chi connectivity index (χ1v) is 9.46. The lowest BCUT2D eigenvalue weighted by Gasteiger charge is -2.24. The molecule has 2 bridgehead atoms. The third-order valence-corrected chi connectivity index (χ3v) is 5.52. The van der Waals surface area contributed by atoms with Gasteiger partial charge in [0.1, 0.15) is 0 Å². The molecule has 2 saturated heterocycles. The lowest BCUT2D eigenvalue weighted by Crippen LogP contribution is -2.47. The van der Waals surface area contributed by atoms with Gasteiger partial charge in [-0.15, -0.1) is 0 Å². The highest BCUT2D eigenvalue weighted by atomic mass is 16.5. The molecule has 2 aliphatic rings. The number of fused-ring (bicyclic) bond motifs is 2. The van der Waals surface area contributed by atoms with Crippen LogP contribution < -0.4 is 10.6 Å². The van der Waals surface area contributed by atoms with Gasteiger partial charge in [-0.05, 0) is 51.3 Å². The molecule has 0 spiro atoms. The highest BCUT2D eigenvalue weighted by molar-refractivity contribution is 5.80. The molecule has 5 nitrogen and oxygen atoms in total. The largest absolute Gasteiger partial charge is 0.373 e. The van der Waals surface area contributed by atoms with E-state index in [4.69, 9.17) is 4.74 Å². The highest BCUT2D eigenvalue weighted by Crippen LogP contribution is 2.34. The fraction of sp³-hybridized carbons (Fsp3) is 0.650. The topological polar surface area (TPSA) is 48.9 Å². The Balaban J connectivity index is 1.56. The van der Waals surface area contributed by atoms with E-state index in [-0.39, 0.29) is 0 Å². The van der Waals surface area contributed by atoms with Crippen LogP contribution in [-0.2, 0) is 17.8 Å². The number of hydrogen-bond acceptors (Lipinski definition) is 3. The fourth-order valence-electron chi connectivity index (χ4n) is 3.67. The summed E-state index contributed by atoms with van der Waals surface area (Å²) in [6.07, 6.45) is 4.29. The Morgan fingerprint density at radius 1 is 1.28 bits per heavy atom. The first kappa shape index (κ1) is 18.2. The Labute approximate surface area is 151 Å². The van der Waals surface area contributed by atoms with E-state index in [1.165, 1.54) is 24.0 Å². The Hall–Kier alpha value is -1.59. The minimum Gasteiger partial charge on any atom is -0.373 e. The van der Waals surface area contributed by atoms with E-state index >= 15 is 0 Å². The summed E-state index contributed by atoms with van der Waals surface area (Å²) in [6, 6.07) is 9.57. The number of benzene rings is 1. The Morgan fingerprint density at radius 3 is 2.64 bits per heavy atom. The molecular formula is C20H32N4O. The first-order valence-electron chi connectivity index (χ1n) is 9.46. The molecular weight excluding hydrogens is 312 g/mol. The molecule has 3 rings (SSSR count). The van der Waals surface area contributed by atoms with Gasteiger partial charge in [-0.1, -0.05) is 24.3 Å². The molecule has 5 heteroatoms. The van der Waals surface area contributed by atoms with Crippen molar-refractivity contribution in [2.75, 3.05) is 14.1 Å². The summed E-state index contributed by atoms with van der Waals surface area (Å²) in [5, 5.41) is 7.03. The van der Waals surface area contributed by atoms with Crippen LogP contribution in [0.4, 0.5) is 0 Å². The smallest absolute Gasteiger partial charge is 0.191 e. The van der Waals surface area contributed by atoms with Crippen molar-refractivity contribution in [3.05, 3.63) is 35.4 Å². The maximum Gasteiger partial charge on any atom is 0.191 e. The third kappa shape index (κ3) is 4.53. The zero-order valence-corrected chi connectivity index (χ0v) is 16.0. The molecule has 3 atom stereocenters. The molecule has 1 aromatic carbocycles. The monoisotopic (exact) mass is 344 g/mol. The number of nitrogens with one attached hydrogen (secondary N) is 2. The summed E-state index contributed by atoms with van der Waals surface area (Å²) in [5.74, 6) is 0.869. The van der Waals surface area contributed by atoms with Gasteiger partial charge in [0, 0.05) is 26.2 Å². The van der Waals surface area contributed by atoms with Crippen molar-refractivity contribution in [3.63, 3.8) is 0 Å². The van der Waals surface area contributed by atoms with Gasteiger partial charge in [0.15, 0.2) is 5.96 Å². The number of rotatable bonds is 6. The number of hydrogen-bond donors (Lipinski definition) is 2. The molecule has 1 aromatic rings. The van der Waals surface area contributed by atoms with E-state index in [1.54, 1.807) is 0 Å². The third-order valence-electron chi connectivity index (χ3n) is 5.52. The maximum absolute atomic E-state index is 5.93. The minimum absolute atomic E-state index is 0.357. The molecule has 2 heterocycles. The number of guanidine groups is 1. The zero-order valence-electron chi connectivity index (χ0n) is 16.0. The minimum atomic E-state index is 0.357. The van der Waals surface area contributed by atoms with E-state index in [9.17, 15) is 0 Å². The van der Waals surface area contributed by atoms with Crippen molar-refractivity contribution in [2.45, 2.75) is 70.5 Å². The van der Waals surface area contributed by atoms with Crippen molar-refractivity contribution in [3.8, 4) is 0 Å². The van der Waals surface area contributed by atoms with Gasteiger partial charge in [-0.2, -0.15) is 0 Å². The summed E-state index contributed by atoms with van der Waals surface area (Å²) in [6.45, 7) is 6.19. The van der Waals surface area contributed by atoms with Gasteiger partial charge in [0.2, 0.25) is 0 Å². The van der Waals surface area contributed by atoms with Crippen LogP contribution in [0.5, 0.6) is 0 Å². The molecule has 2 aliphatic heterocycles. The second-order valence-corrected chi connectivity index (χ2v) is 7.56. The van der Waals surface area contributed by atoms with Crippen molar-refractivity contribution in [1.82, 2.24) is 15.5 Å². The summed E-state index contributed by atoms with van der Waals surface area (Å²) in [4.78, 5) is 6.76. The number of nitrogens with zero attached hydrogens (tertiary/aromatic N) is 2. The highest BCUT2D eigenvalue weighted by Gasteiger charge is 2.41. The van der Waals surface area contributed by atoms with Crippen molar-refractivity contribution >= 4 is 5.96 Å². The van der Waals surface area contributed by atoms with E-state index in [0.29, 0.717) is 24.3 Å². The Morgan fingerprint density at radius 2 is 2.04 bits per heavy atom. The molecule has 0 radical (unpaired) electrons. The molecule has 2 N–H and O–H groups in total. The molecule has 3 unspecified atom stereocenters. The molecule has 0 aromatic heterocycles. The van der Waals surface area contributed by atoms with Crippen molar-refractivity contribution in [1.29, 1.82) is 0 Å². The van der Waals surface area contributed by atoms with Crippen molar-refractivity contribution < 1.29 is 4.74 Å². The van der Waals surface area contributed by atoms with Crippen LogP contribution in [-0.4, -0.2) is 49.2 Å². The van der Waals surface area contributed by atoms with Gasteiger partial charge in [0.05, 0.1) is 18.2 Å². The van der Waals surface area contributed by atoms with Crippen LogP contribution in [0.1, 0.15) is 44.2 Å². The molecule has 0 saturated carbocycles. The van der Waals surface area contributed by atoms with Crippen LogP contribution in [0.3, 0.4) is 0 Å². The summed E-state index contributed by atoms with van der Waals surface area (Å²) < 4.78 is 5.93. The van der Waals surface area contributed by atoms with Gasteiger partial charge < -0.3 is 15.4 Å². The van der Waals surface area contributed by atoms with Crippen LogP contribution in [0.25, 0.3) is 0 Å². The molecule has 2 fully saturated rings. The number of ether oxygens (including phenoxy) is 1. The number of aliphatic imine (C=N–C) groups is 1. The van der Waals surface area contributed by atoms with E-state index < -0.39 is 0 Å². The van der Waals surface area contributed by atoms with Gasteiger partial charge in [0.25, 0.3) is 0 Å². The lowest BCUT2D eigenvalue weighted by atomic mass is 9.96. The average Bonchev–Trinajstić information content (AvgIpc) is 3.22. The average molecular weight is 345 g/mol. The van der Waals surface area contributed by atoms with E-state index in [1.807, 2.05) is 7.05 Å². The van der Waals surface area contributed by atoms with Crippen LogP contribution in [0, 0.1) is 0 Å². The normalized spacial score (nSPS) is 25.8. The second kappa shape index (κ2) is 8.19. The molecule has 138 valence electrons. The first-order chi connectivity index (χ1) is 12.1. The van der Waals surface area contributed by atoms with Gasteiger partial charge >= 0.3 is 0 Å². The maximum atomic E-state index is 5.93. The zero-order chi connectivity index (χ0) is 17.8. The van der Waals surface area contributed by atoms with E-state index in [0.717, 1.165) is 25.5 Å². The molecule has 0 aliphatic carbocycles. The predicted molar refractivity (Wildman–Crippen MR) is 103 cm³/mol. The van der Waals surface area contributed by atoms with Crippen LogP contribution in [0.2, 0.25) is 0 Å². The molecule has 25 heavy (non-hydrogen) atoms. The SMILES string of the molecule is CN=C(NCc1ccccc1CN(C)C(C)C)NC1CC2CCC1O2. The van der Waals surface area contributed by atoms with Crippen LogP contribution >= 0.6 is 0 Å². The van der Waals surface area contributed by atoms with Gasteiger partial charge in [-0.25, -0.2) is 0 Å². The Bertz CT molecular complexity index is 601. The summed E-state index contributed by atoms with van der Waals surface area (Å²) >= 11 is 0. The summed E-state index contributed by atoms with van der Waals surface area (Å²) in [5.41, 5.74) is 2.69. The van der Waals surface area contributed by atoms with E-state index in [2.05, 4.69) is 65.7 Å². The Kier molecular flexibility index (Phi) is 5.97. The van der Waals surface area contributed by atoms with Crippen molar-refractivity contribution in [2.24, 2.45) is 4.99 Å². The molecule has 0 amide bonds. The predicted octanol–water partition coefficient (Wildman–Crippen LogP) is 2.51. The van der Waals surface area contributed by atoms with Crippen LogP contribution in [0.15, 0.2) is 29.3 Å². The second-order valence-electron chi connectivity index (χ2n) is 7.56. The quantitative estimate of drug-likeness (QED) is 0.615. The summed E-state index contributed by atoms with van der Waals surface area (Å²) in [7, 11) is 4.01.